The molecule has 1 aromatic rings. The maximum absolute atomic E-state index is 13.0. The molecule has 0 bridgehead atoms. The quantitative estimate of drug-likeness (QED) is 0.0384. The van der Waals surface area contributed by atoms with Crippen molar-refractivity contribution >= 4 is 51.2 Å². The summed E-state index contributed by atoms with van der Waals surface area (Å²) in [7, 11) is 2.22. The number of carbonyl (C=O) groups excluding carboxylic acids is 3. The molecule has 0 saturated carbocycles. The summed E-state index contributed by atoms with van der Waals surface area (Å²) in [5.74, 6) is 1.29. The molecule has 1 fully saturated rings. The Morgan fingerprint density at radius 1 is 0.815 bits per heavy atom. The third-order valence-electron chi connectivity index (χ3n) is 10.4. The number of para-hydroxylation sites is 2. The topological polar surface area (TPSA) is 116 Å². The van der Waals surface area contributed by atoms with Crippen LogP contribution in [0.3, 0.4) is 0 Å². The minimum atomic E-state index is -0.950. The number of hydrogen-bond donors (Lipinski definition) is 1. The number of anilines is 1. The van der Waals surface area contributed by atoms with Gasteiger partial charge in [0.05, 0.1) is 44.6 Å². The third-order valence-corrected chi connectivity index (χ3v) is 11.8. The molecule has 3 heterocycles. The second-order valence-electron chi connectivity index (χ2n) is 15.3. The summed E-state index contributed by atoms with van der Waals surface area (Å²) >= 11 is 0. The van der Waals surface area contributed by atoms with E-state index in [2.05, 4.69) is 48.8 Å². The Bertz CT molecular complexity index is 1420. The fourth-order valence-electron chi connectivity index (χ4n) is 6.92. The van der Waals surface area contributed by atoms with E-state index in [4.69, 9.17) is 23.9 Å². The van der Waals surface area contributed by atoms with Crippen LogP contribution in [0.5, 0.6) is 0 Å². The van der Waals surface area contributed by atoms with Crippen LogP contribution in [-0.4, -0.2) is 110 Å². The average Bonchev–Trinajstić information content (AvgIpc) is 3.45. The second-order valence-corrected chi connectivity index (χ2v) is 17.3. The molecule has 0 radical (unpaired) electrons. The van der Waals surface area contributed by atoms with Crippen molar-refractivity contribution in [2.24, 2.45) is 4.99 Å². The number of quaternary nitrogens is 1. The number of amidine groups is 1. The van der Waals surface area contributed by atoms with Gasteiger partial charge in [-0.1, -0.05) is 103 Å². The lowest BCUT2D eigenvalue weighted by Gasteiger charge is -2.42. The normalized spacial score (nSPS) is 17.5. The highest BCUT2D eigenvalue weighted by atomic mass is 32.2. The van der Waals surface area contributed by atoms with E-state index in [-0.39, 0.29) is 42.4 Å². The number of nitrogens with zero attached hydrogens (tertiary/aromatic N) is 3. The number of piperazine rings is 1. The van der Waals surface area contributed by atoms with Crippen molar-refractivity contribution in [3.8, 4) is 0 Å². The van der Waals surface area contributed by atoms with Gasteiger partial charge in [0.25, 0.3) is 0 Å². The zero-order valence-corrected chi connectivity index (χ0v) is 34.4. The minimum absolute atomic E-state index is 0.130. The fraction of sp³-hybridized carbons (Fsp3) is 0.690. The number of aliphatic imine (C=N–C) groups is 1. The molecule has 1 unspecified atom stereocenters. The summed E-state index contributed by atoms with van der Waals surface area (Å²) in [6.45, 7) is 7.15. The SMILES string of the molecule is CCCCCCCCCC(=O)OCC(COC(=O)CCCCCCCCC)OC(=O)OC[N+]1(C)CCN(C2=Nc3ccccc3NC3=C2C=S(C)C3)CC1. The molecule has 3 aliphatic heterocycles. The van der Waals surface area contributed by atoms with Gasteiger partial charge in [-0.15, -0.1) is 0 Å². The summed E-state index contributed by atoms with van der Waals surface area (Å²) in [5, 5.41) is 5.98. The minimum Gasteiger partial charge on any atom is -0.462 e. The molecule has 1 saturated heterocycles. The maximum Gasteiger partial charge on any atom is 0.513 e. The first kappa shape index (κ1) is 43.3. The van der Waals surface area contributed by atoms with Crippen LogP contribution in [0.25, 0.3) is 0 Å². The summed E-state index contributed by atoms with van der Waals surface area (Å²) in [6.07, 6.45) is 16.5. The van der Waals surface area contributed by atoms with Crippen LogP contribution in [0.2, 0.25) is 0 Å². The van der Waals surface area contributed by atoms with Crippen molar-refractivity contribution < 1.29 is 37.8 Å². The Kier molecular flexibility index (Phi) is 18.9. The van der Waals surface area contributed by atoms with Gasteiger partial charge in [-0.25, -0.2) is 9.79 Å². The van der Waals surface area contributed by atoms with Crippen LogP contribution >= 0.6 is 10.5 Å². The second kappa shape index (κ2) is 23.5. The van der Waals surface area contributed by atoms with Crippen molar-refractivity contribution in [1.29, 1.82) is 0 Å². The highest BCUT2D eigenvalue weighted by Crippen LogP contribution is 2.35. The first-order chi connectivity index (χ1) is 26.2. The van der Waals surface area contributed by atoms with Gasteiger partial charge in [0.2, 0.25) is 6.73 Å². The lowest BCUT2D eigenvalue weighted by molar-refractivity contribution is -0.929. The number of esters is 2. The van der Waals surface area contributed by atoms with Crippen LogP contribution in [0.1, 0.15) is 117 Å². The zero-order valence-electron chi connectivity index (χ0n) is 33.5. The van der Waals surface area contributed by atoms with Gasteiger partial charge < -0.3 is 29.2 Å². The predicted octanol–water partition coefficient (Wildman–Crippen LogP) is 8.72. The van der Waals surface area contributed by atoms with Gasteiger partial charge in [-0.2, -0.15) is 10.5 Å². The van der Waals surface area contributed by atoms with Gasteiger partial charge in [-0.05, 0) is 36.6 Å². The first-order valence-corrected chi connectivity index (χ1v) is 22.4. The van der Waals surface area contributed by atoms with Crippen molar-refractivity contribution in [3.05, 3.63) is 35.5 Å². The Hall–Kier alpha value is -3.38. The van der Waals surface area contributed by atoms with Gasteiger partial charge >= 0.3 is 18.1 Å². The number of hydrogen-bond acceptors (Lipinski definition) is 10. The van der Waals surface area contributed by atoms with E-state index in [1.54, 1.807) is 0 Å². The van der Waals surface area contributed by atoms with Gasteiger partial charge in [0.15, 0.2) is 6.10 Å². The molecule has 4 rings (SSSR count). The molecule has 0 amide bonds. The number of carbonyl (C=O) groups is 3. The molecule has 0 aromatic heterocycles. The monoisotopic (exact) mass is 771 g/mol. The molecule has 12 heteroatoms. The summed E-state index contributed by atoms with van der Waals surface area (Å²) in [4.78, 5) is 45.5. The van der Waals surface area contributed by atoms with Crippen LogP contribution in [0, 0.1) is 0 Å². The van der Waals surface area contributed by atoms with E-state index in [1.807, 2.05) is 18.2 Å². The molecular weight excluding hydrogens is 705 g/mol. The Labute approximate surface area is 326 Å². The molecule has 54 heavy (non-hydrogen) atoms. The summed E-state index contributed by atoms with van der Waals surface area (Å²) in [6, 6.07) is 8.16. The molecule has 0 aliphatic carbocycles. The maximum atomic E-state index is 13.0. The third kappa shape index (κ3) is 15.0. The van der Waals surface area contributed by atoms with E-state index >= 15 is 0 Å². The highest BCUT2D eigenvalue weighted by Gasteiger charge is 2.35. The van der Waals surface area contributed by atoms with E-state index < -0.39 is 12.3 Å². The number of unbranched alkanes of at least 4 members (excludes halogenated alkanes) is 12. The van der Waals surface area contributed by atoms with Gasteiger partial charge in [-0.3, -0.25) is 14.1 Å². The molecule has 0 spiro atoms. The van der Waals surface area contributed by atoms with Crippen molar-refractivity contribution in [2.45, 2.75) is 123 Å². The van der Waals surface area contributed by atoms with Crippen molar-refractivity contribution in [1.82, 2.24) is 4.90 Å². The highest BCUT2D eigenvalue weighted by molar-refractivity contribution is 8.15. The average molecular weight is 772 g/mol. The van der Waals surface area contributed by atoms with E-state index in [9.17, 15) is 14.4 Å². The van der Waals surface area contributed by atoms with E-state index in [1.165, 1.54) is 62.6 Å². The van der Waals surface area contributed by atoms with Crippen LogP contribution < -0.4 is 5.32 Å². The molecule has 3 aliphatic rings. The Morgan fingerprint density at radius 3 is 1.96 bits per heavy atom. The summed E-state index contributed by atoms with van der Waals surface area (Å²) in [5.41, 5.74) is 4.37. The fourth-order valence-corrected chi connectivity index (χ4v) is 8.33. The molecule has 1 aromatic carbocycles. The van der Waals surface area contributed by atoms with Crippen molar-refractivity contribution in [3.63, 3.8) is 0 Å². The number of likely N-dealkylation sites (N-methyl/N-ethyl adjacent to an activating group) is 1. The standard InChI is InChI=1S/C42H67N4O7S/c1-5-7-9-11-13-15-17-23-39(47)50-29-34(30-51-40(48)24-18-16-14-12-10-8-6-2)53-42(49)52-33-46(3)27-25-45(26-28-46)41-35-31-54(4)32-38(35)43-36-21-19-20-22-37(36)44-41/h19-22,31,34,43H,5-18,23-30,32-33H2,1-4H3/q+1. The first-order valence-electron chi connectivity index (χ1n) is 20.6. The Morgan fingerprint density at radius 2 is 1.37 bits per heavy atom. The summed E-state index contributed by atoms with van der Waals surface area (Å²) < 4.78 is 22.7. The lowest BCUT2D eigenvalue weighted by Crippen LogP contribution is -2.59. The number of nitrogens with one attached hydrogen (secondary N) is 1. The molecule has 302 valence electrons. The number of rotatable bonds is 23. The van der Waals surface area contributed by atoms with E-state index in [0.29, 0.717) is 17.3 Å². The van der Waals surface area contributed by atoms with E-state index in [0.717, 1.165) is 87.7 Å². The van der Waals surface area contributed by atoms with Gasteiger partial charge in [0, 0.05) is 29.9 Å². The largest absolute Gasteiger partial charge is 0.513 e. The Balaban J connectivity index is 1.25. The molecular formula is C42H67N4O7S+. The van der Waals surface area contributed by atoms with Gasteiger partial charge in [0.1, 0.15) is 19.0 Å². The van der Waals surface area contributed by atoms with Crippen LogP contribution in [0.15, 0.2) is 40.5 Å². The lowest BCUT2D eigenvalue weighted by atomic mass is 10.1. The number of fused-ring (bicyclic) bond motifs is 1. The number of ether oxygens (including phenoxy) is 4. The van der Waals surface area contributed by atoms with Crippen molar-refractivity contribution in [2.75, 3.05) is 70.5 Å². The molecule has 1 N–H and O–H groups in total. The smallest absolute Gasteiger partial charge is 0.462 e. The molecule has 1 atom stereocenters. The zero-order chi connectivity index (χ0) is 38.6. The predicted molar refractivity (Wildman–Crippen MR) is 219 cm³/mol. The number of benzene rings is 1. The van der Waals surface area contributed by atoms with Crippen LogP contribution in [0.4, 0.5) is 16.2 Å². The van der Waals surface area contributed by atoms with Crippen LogP contribution in [-0.2, 0) is 28.5 Å². The molecule has 11 nitrogen and oxygen atoms in total.